The van der Waals surface area contributed by atoms with Crippen molar-refractivity contribution in [1.82, 2.24) is 4.98 Å². The summed E-state index contributed by atoms with van der Waals surface area (Å²) in [5, 5.41) is 0. The number of nitrogens with zero attached hydrogens (tertiary/aromatic N) is 1. The minimum atomic E-state index is -0.473. The highest BCUT2D eigenvalue weighted by molar-refractivity contribution is 5.98. The van der Waals surface area contributed by atoms with E-state index in [1.54, 1.807) is 25.4 Å². The molecule has 0 radical (unpaired) electrons. The summed E-state index contributed by atoms with van der Waals surface area (Å²) < 4.78 is 5.05. The van der Waals surface area contributed by atoms with E-state index in [0.29, 0.717) is 17.9 Å². The lowest BCUT2D eigenvalue weighted by Gasteiger charge is -2.06. The summed E-state index contributed by atoms with van der Waals surface area (Å²) in [7, 11) is 1.65. The van der Waals surface area contributed by atoms with Gasteiger partial charge in [-0.1, -0.05) is 24.3 Å². The van der Waals surface area contributed by atoms with E-state index < -0.39 is 5.91 Å². The second-order valence-corrected chi connectivity index (χ2v) is 3.89. The molecule has 1 aromatic carbocycles. The zero-order valence-corrected chi connectivity index (χ0v) is 10.1. The molecule has 18 heavy (non-hydrogen) atoms. The van der Waals surface area contributed by atoms with Crippen LogP contribution >= 0.6 is 0 Å². The van der Waals surface area contributed by atoms with Gasteiger partial charge >= 0.3 is 0 Å². The number of aromatic nitrogens is 1. The predicted molar refractivity (Wildman–Crippen MR) is 68.9 cm³/mol. The second-order valence-electron chi connectivity index (χ2n) is 3.89. The van der Waals surface area contributed by atoms with Gasteiger partial charge in [-0.3, -0.25) is 9.78 Å². The molecule has 4 nitrogen and oxygen atoms in total. The molecule has 0 atom stereocenters. The van der Waals surface area contributed by atoms with Gasteiger partial charge in [-0.25, -0.2) is 0 Å². The predicted octanol–water partition coefficient (Wildman–Crippen LogP) is 1.99. The van der Waals surface area contributed by atoms with Crippen LogP contribution in [0.2, 0.25) is 0 Å². The van der Waals surface area contributed by atoms with E-state index in [9.17, 15) is 4.79 Å². The van der Waals surface area contributed by atoms with Crippen molar-refractivity contribution in [2.24, 2.45) is 5.73 Å². The van der Waals surface area contributed by atoms with E-state index in [4.69, 9.17) is 10.5 Å². The monoisotopic (exact) mass is 242 g/mol. The van der Waals surface area contributed by atoms with Crippen molar-refractivity contribution in [1.29, 1.82) is 0 Å². The van der Waals surface area contributed by atoms with Gasteiger partial charge in [0.05, 0.1) is 17.9 Å². The number of carbonyl (C=O) groups excluding carboxylic acids is 1. The van der Waals surface area contributed by atoms with Crippen LogP contribution in [-0.2, 0) is 11.3 Å². The van der Waals surface area contributed by atoms with Gasteiger partial charge in [0.2, 0.25) is 0 Å². The highest BCUT2D eigenvalue weighted by atomic mass is 16.5. The third kappa shape index (κ3) is 2.55. The Kier molecular flexibility index (Phi) is 3.69. The molecule has 0 saturated carbocycles. The molecule has 0 spiro atoms. The molecule has 0 aliphatic heterocycles. The maximum atomic E-state index is 11.3. The van der Waals surface area contributed by atoms with Crippen LogP contribution in [0.15, 0.2) is 42.6 Å². The Hall–Kier alpha value is -2.20. The number of pyridine rings is 1. The van der Waals surface area contributed by atoms with E-state index in [2.05, 4.69) is 4.98 Å². The Morgan fingerprint density at radius 3 is 2.61 bits per heavy atom. The Morgan fingerprint density at radius 2 is 2.00 bits per heavy atom. The lowest BCUT2D eigenvalue weighted by Crippen LogP contribution is -2.13. The maximum absolute atomic E-state index is 11.3. The highest BCUT2D eigenvalue weighted by Crippen LogP contribution is 2.21. The normalized spacial score (nSPS) is 10.3. The quantitative estimate of drug-likeness (QED) is 0.891. The van der Waals surface area contributed by atoms with Crippen LogP contribution in [0.25, 0.3) is 11.3 Å². The first kappa shape index (κ1) is 12.3. The number of amides is 1. The zero-order chi connectivity index (χ0) is 13.0. The lowest BCUT2D eigenvalue weighted by molar-refractivity contribution is 0.100. The summed E-state index contributed by atoms with van der Waals surface area (Å²) in [5.41, 5.74) is 8.30. The molecular weight excluding hydrogens is 228 g/mol. The summed E-state index contributed by atoms with van der Waals surface area (Å²) in [6.07, 6.45) is 1.64. The average molecular weight is 242 g/mol. The molecule has 2 aromatic rings. The van der Waals surface area contributed by atoms with Crippen LogP contribution in [-0.4, -0.2) is 18.0 Å². The molecule has 0 unspecified atom stereocenters. The fourth-order valence-corrected chi connectivity index (χ4v) is 1.76. The Labute approximate surface area is 105 Å². The van der Waals surface area contributed by atoms with Crippen molar-refractivity contribution < 1.29 is 9.53 Å². The van der Waals surface area contributed by atoms with Gasteiger partial charge in [0.15, 0.2) is 0 Å². The van der Waals surface area contributed by atoms with Crippen molar-refractivity contribution in [2.45, 2.75) is 6.61 Å². The van der Waals surface area contributed by atoms with E-state index >= 15 is 0 Å². The first-order valence-corrected chi connectivity index (χ1v) is 5.55. The maximum Gasteiger partial charge on any atom is 0.250 e. The molecule has 1 amide bonds. The number of nitrogens with two attached hydrogens (primary N) is 1. The lowest BCUT2D eigenvalue weighted by atomic mass is 10.0. The molecule has 1 heterocycles. The number of hydrogen-bond donors (Lipinski definition) is 1. The number of carbonyl (C=O) groups is 1. The number of primary amides is 1. The second kappa shape index (κ2) is 5.42. The topological polar surface area (TPSA) is 65.2 Å². The van der Waals surface area contributed by atoms with Gasteiger partial charge in [-0.15, -0.1) is 0 Å². The van der Waals surface area contributed by atoms with Crippen LogP contribution in [0, 0.1) is 0 Å². The van der Waals surface area contributed by atoms with Crippen molar-refractivity contribution in [3.05, 3.63) is 53.7 Å². The number of rotatable bonds is 4. The van der Waals surface area contributed by atoms with Gasteiger partial charge in [0.1, 0.15) is 0 Å². The number of ether oxygens (including phenoxy) is 1. The van der Waals surface area contributed by atoms with Crippen LogP contribution in [0.3, 0.4) is 0 Å². The molecular formula is C14H14N2O2. The first-order valence-electron chi connectivity index (χ1n) is 5.55. The fourth-order valence-electron chi connectivity index (χ4n) is 1.76. The smallest absolute Gasteiger partial charge is 0.250 e. The van der Waals surface area contributed by atoms with E-state index in [1.807, 2.05) is 24.3 Å². The van der Waals surface area contributed by atoms with E-state index in [1.165, 1.54) is 0 Å². The van der Waals surface area contributed by atoms with Crippen LogP contribution < -0.4 is 5.73 Å². The molecule has 4 heteroatoms. The SMILES string of the molecule is COCc1ccc(-c2ncccc2C(N)=O)cc1. The molecule has 0 fully saturated rings. The Morgan fingerprint density at radius 1 is 1.28 bits per heavy atom. The van der Waals surface area contributed by atoms with Gasteiger partial charge in [-0.05, 0) is 17.7 Å². The Balaban J connectivity index is 2.39. The molecule has 0 bridgehead atoms. The van der Waals surface area contributed by atoms with Crippen LogP contribution in [0.1, 0.15) is 15.9 Å². The fraction of sp³-hybridized carbons (Fsp3) is 0.143. The van der Waals surface area contributed by atoms with Crippen LogP contribution in [0.4, 0.5) is 0 Å². The summed E-state index contributed by atoms with van der Waals surface area (Å²) >= 11 is 0. The number of methoxy groups -OCH3 is 1. The molecule has 2 rings (SSSR count). The molecule has 0 saturated heterocycles. The van der Waals surface area contributed by atoms with E-state index in [-0.39, 0.29) is 0 Å². The summed E-state index contributed by atoms with van der Waals surface area (Å²) in [6, 6.07) is 11.1. The van der Waals surface area contributed by atoms with E-state index in [0.717, 1.165) is 11.1 Å². The standard InChI is InChI=1S/C14H14N2O2/c1-18-9-10-4-6-11(7-5-10)13-12(14(15)17)3-2-8-16-13/h2-8H,9H2,1H3,(H2,15,17). The summed E-state index contributed by atoms with van der Waals surface area (Å²) in [6.45, 7) is 0.561. The minimum Gasteiger partial charge on any atom is -0.380 e. The molecule has 0 aliphatic rings. The van der Waals surface area contributed by atoms with Gasteiger partial charge in [-0.2, -0.15) is 0 Å². The average Bonchev–Trinajstić information content (AvgIpc) is 2.40. The Bertz CT molecular complexity index is 550. The highest BCUT2D eigenvalue weighted by Gasteiger charge is 2.10. The molecule has 0 aliphatic carbocycles. The third-order valence-electron chi connectivity index (χ3n) is 2.61. The molecule has 92 valence electrons. The number of benzene rings is 1. The summed E-state index contributed by atoms with van der Waals surface area (Å²) in [4.78, 5) is 15.5. The third-order valence-corrected chi connectivity index (χ3v) is 2.61. The zero-order valence-electron chi connectivity index (χ0n) is 10.1. The van der Waals surface area contributed by atoms with Crippen molar-refractivity contribution in [2.75, 3.05) is 7.11 Å². The number of hydrogen-bond acceptors (Lipinski definition) is 3. The molecule has 1 aromatic heterocycles. The molecule has 2 N–H and O–H groups in total. The van der Waals surface area contributed by atoms with Gasteiger partial charge < -0.3 is 10.5 Å². The summed E-state index contributed by atoms with van der Waals surface area (Å²) in [5.74, 6) is -0.473. The van der Waals surface area contributed by atoms with Crippen molar-refractivity contribution >= 4 is 5.91 Å². The van der Waals surface area contributed by atoms with Gasteiger partial charge in [0.25, 0.3) is 5.91 Å². The van der Waals surface area contributed by atoms with Crippen molar-refractivity contribution in [3.63, 3.8) is 0 Å². The minimum absolute atomic E-state index is 0.428. The van der Waals surface area contributed by atoms with Crippen LogP contribution in [0.5, 0.6) is 0 Å². The van der Waals surface area contributed by atoms with Crippen molar-refractivity contribution in [3.8, 4) is 11.3 Å². The largest absolute Gasteiger partial charge is 0.380 e. The van der Waals surface area contributed by atoms with Gasteiger partial charge in [0, 0.05) is 18.9 Å². The first-order chi connectivity index (χ1) is 8.72.